The summed E-state index contributed by atoms with van der Waals surface area (Å²) in [7, 11) is 0. The van der Waals surface area contributed by atoms with Gasteiger partial charge in [-0.2, -0.15) is 13.2 Å². The van der Waals surface area contributed by atoms with Gasteiger partial charge in [0.1, 0.15) is 17.4 Å². The molecule has 1 atom stereocenters. The summed E-state index contributed by atoms with van der Waals surface area (Å²) in [6.45, 7) is -0.590. The molecule has 0 aromatic heterocycles. The minimum Gasteiger partial charge on any atom is -0.491 e. The Labute approximate surface area is 110 Å². The standard InChI is InChI=1S/C10H9ClF3NO4/c11-8-3-7(1-2-9(8)15(17)18)19-5-6(16)4-10(12,13)14/h1-3,6,16H,4-5H2/t6-/m1/s1. The third kappa shape index (κ3) is 5.31. The minimum absolute atomic E-state index is 0.0387. The van der Waals surface area contributed by atoms with Gasteiger partial charge in [-0.1, -0.05) is 11.6 Å². The molecule has 1 aromatic rings. The lowest BCUT2D eigenvalue weighted by molar-refractivity contribution is -0.384. The van der Waals surface area contributed by atoms with Gasteiger partial charge < -0.3 is 9.84 Å². The Morgan fingerprint density at radius 1 is 1.47 bits per heavy atom. The predicted molar refractivity (Wildman–Crippen MR) is 60.3 cm³/mol. The zero-order valence-electron chi connectivity index (χ0n) is 9.35. The molecule has 106 valence electrons. The van der Waals surface area contributed by atoms with E-state index < -0.39 is 30.2 Å². The van der Waals surface area contributed by atoms with Crippen molar-refractivity contribution in [2.45, 2.75) is 18.7 Å². The van der Waals surface area contributed by atoms with Crippen molar-refractivity contribution < 1.29 is 27.9 Å². The predicted octanol–water partition coefficient (Wildman–Crippen LogP) is 2.94. The van der Waals surface area contributed by atoms with Crippen molar-refractivity contribution in [2.24, 2.45) is 0 Å². The molecule has 0 aliphatic heterocycles. The highest BCUT2D eigenvalue weighted by Gasteiger charge is 2.31. The van der Waals surface area contributed by atoms with E-state index in [-0.39, 0.29) is 16.5 Å². The fraction of sp³-hybridized carbons (Fsp3) is 0.400. The van der Waals surface area contributed by atoms with Crippen molar-refractivity contribution in [3.63, 3.8) is 0 Å². The number of aliphatic hydroxyl groups is 1. The van der Waals surface area contributed by atoms with Crippen LogP contribution in [-0.2, 0) is 0 Å². The van der Waals surface area contributed by atoms with Crippen LogP contribution in [0.15, 0.2) is 18.2 Å². The van der Waals surface area contributed by atoms with Gasteiger partial charge in [0.2, 0.25) is 0 Å². The van der Waals surface area contributed by atoms with Crippen molar-refractivity contribution in [2.75, 3.05) is 6.61 Å². The van der Waals surface area contributed by atoms with Crippen molar-refractivity contribution in [1.29, 1.82) is 0 Å². The number of nitro benzene ring substituents is 1. The van der Waals surface area contributed by atoms with Crippen LogP contribution in [0.25, 0.3) is 0 Å². The molecule has 0 aliphatic carbocycles. The van der Waals surface area contributed by atoms with Crippen LogP contribution >= 0.6 is 11.6 Å². The Morgan fingerprint density at radius 2 is 2.11 bits per heavy atom. The lowest BCUT2D eigenvalue weighted by atomic mass is 10.2. The number of ether oxygens (including phenoxy) is 1. The number of aliphatic hydroxyl groups excluding tert-OH is 1. The molecule has 0 saturated carbocycles. The van der Waals surface area contributed by atoms with Crippen LogP contribution in [-0.4, -0.2) is 28.9 Å². The Balaban J connectivity index is 2.59. The van der Waals surface area contributed by atoms with Crippen LogP contribution in [0.2, 0.25) is 5.02 Å². The molecule has 9 heteroatoms. The van der Waals surface area contributed by atoms with Crippen molar-refractivity contribution in [3.05, 3.63) is 33.3 Å². The molecule has 0 aliphatic rings. The van der Waals surface area contributed by atoms with E-state index in [9.17, 15) is 23.3 Å². The molecule has 0 fully saturated rings. The molecular weight excluding hydrogens is 291 g/mol. The second-order valence-corrected chi connectivity index (χ2v) is 4.06. The van der Waals surface area contributed by atoms with Gasteiger partial charge >= 0.3 is 6.18 Å². The third-order valence-electron chi connectivity index (χ3n) is 2.03. The molecule has 5 nitrogen and oxygen atoms in total. The molecule has 19 heavy (non-hydrogen) atoms. The average molecular weight is 300 g/mol. The van der Waals surface area contributed by atoms with E-state index in [0.29, 0.717) is 0 Å². The normalized spacial score (nSPS) is 13.1. The van der Waals surface area contributed by atoms with Crippen molar-refractivity contribution in [1.82, 2.24) is 0 Å². The number of hydrogen-bond acceptors (Lipinski definition) is 4. The second kappa shape index (κ2) is 6.07. The lowest BCUT2D eigenvalue weighted by Crippen LogP contribution is -2.25. The zero-order chi connectivity index (χ0) is 14.6. The van der Waals surface area contributed by atoms with Gasteiger partial charge in [0.25, 0.3) is 5.69 Å². The maximum atomic E-state index is 11.9. The number of halogens is 4. The number of alkyl halides is 3. The second-order valence-electron chi connectivity index (χ2n) is 3.65. The highest BCUT2D eigenvalue weighted by Crippen LogP contribution is 2.28. The number of benzene rings is 1. The zero-order valence-corrected chi connectivity index (χ0v) is 10.1. The number of nitro groups is 1. The van der Waals surface area contributed by atoms with Crippen molar-refractivity contribution in [3.8, 4) is 5.75 Å². The van der Waals surface area contributed by atoms with Crippen LogP contribution in [0.3, 0.4) is 0 Å². The van der Waals surface area contributed by atoms with E-state index in [4.69, 9.17) is 21.4 Å². The maximum Gasteiger partial charge on any atom is 0.391 e. The summed E-state index contributed by atoms with van der Waals surface area (Å²) >= 11 is 5.58. The van der Waals surface area contributed by atoms with E-state index in [2.05, 4.69) is 0 Å². The van der Waals surface area contributed by atoms with Gasteiger partial charge in [-0.3, -0.25) is 10.1 Å². The molecule has 0 bridgehead atoms. The van der Waals surface area contributed by atoms with Gasteiger partial charge in [-0.15, -0.1) is 0 Å². The van der Waals surface area contributed by atoms with Crippen LogP contribution in [0, 0.1) is 10.1 Å². The topological polar surface area (TPSA) is 72.6 Å². The Bertz CT molecular complexity index is 467. The van der Waals surface area contributed by atoms with Crippen LogP contribution in [0.5, 0.6) is 5.75 Å². The summed E-state index contributed by atoms with van der Waals surface area (Å²) in [5, 5.41) is 19.3. The average Bonchev–Trinajstić information content (AvgIpc) is 2.23. The van der Waals surface area contributed by atoms with Gasteiger partial charge in [0.15, 0.2) is 0 Å². The Kier molecular flexibility index (Phi) is 4.96. The molecule has 1 aromatic carbocycles. The van der Waals surface area contributed by atoms with Gasteiger partial charge in [0, 0.05) is 12.1 Å². The number of hydrogen-bond donors (Lipinski definition) is 1. The van der Waals surface area contributed by atoms with Gasteiger partial charge in [-0.05, 0) is 6.07 Å². The quantitative estimate of drug-likeness (QED) is 0.670. The summed E-state index contributed by atoms with van der Waals surface area (Å²) in [5.74, 6) is 0.0387. The lowest BCUT2D eigenvalue weighted by Gasteiger charge is -2.14. The smallest absolute Gasteiger partial charge is 0.391 e. The summed E-state index contributed by atoms with van der Waals surface area (Å²) in [6.07, 6.45) is -7.60. The summed E-state index contributed by atoms with van der Waals surface area (Å²) in [6, 6.07) is 3.35. The van der Waals surface area contributed by atoms with Gasteiger partial charge in [-0.25, -0.2) is 0 Å². The van der Waals surface area contributed by atoms with Crippen molar-refractivity contribution >= 4 is 17.3 Å². The molecule has 0 unspecified atom stereocenters. The largest absolute Gasteiger partial charge is 0.491 e. The molecule has 0 radical (unpaired) electrons. The third-order valence-corrected chi connectivity index (χ3v) is 2.33. The SMILES string of the molecule is O=[N+]([O-])c1ccc(OC[C@H](O)CC(F)(F)F)cc1Cl. The fourth-order valence-electron chi connectivity index (χ4n) is 1.24. The molecule has 0 spiro atoms. The first-order valence-corrected chi connectivity index (χ1v) is 5.38. The van der Waals surface area contributed by atoms with E-state index in [1.165, 1.54) is 6.07 Å². The Hall–Kier alpha value is -1.54. The first-order valence-electron chi connectivity index (χ1n) is 5.00. The molecule has 1 rings (SSSR count). The van der Waals surface area contributed by atoms with E-state index in [0.717, 1.165) is 12.1 Å². The minimum atomic E-state index is -4.49. The van der Waals surface area contributed by atoms with E-state index in [1.54, 1.807) is 0 Å². The molecule has 0 heterocycles. The summed E-state index contributed by atoms with van der Waals surface area (Å²) < 4.78 is 40.7. The van der Waals surface area contributed by atoms with Crippen LogP contribution in [0.1, 0.15) is 6.42 Å². The van der Waals surface area contributed by atoms with E-state index in [1.807, 2.05) is 0 Å². The van der Waals surface area contributed by atoms with Crippen LogP contribution < -0.4 is 4.74 Å². The molecular formula is C10H9ClF3NO4. The fourth-order valence-corrected chi connectivity index (χ4v) is 1.48. The first kappa shape index (κ1) is 15.5. The highest BCUT2D eigenvalue weighted by atomic mass is 35.5. The van der Waals surface area contributed by atoms with E-state index >= 15 is 0 Å². The molecule has 0 saturated heterocycles. The highest BCUT2D eigenvalue weighted by molar-refractivity contribution is 6.32. The summed E-state index contributed by atoms with van der Waals surface area (Å²) in [5.41, 5.74) is -0.343. The van der Waals surface area contributed by atoms with Gasteiger partial charge in [0.05, 0.1) is 17.4 Å². The first-order chi connectivity index (χ1) is 8.69. The molecule has 1 N–H and O–H groups in total. The summed E-state index contributed by atoms with van der Waals surface area (Å²) in [4.78, 5) is 9.77. The molecule has 0 amide bonds. The number of nitrogens with zero attached hydrogens (tertiary/aromatic N) is 1. The maximum absolute atomic E-state index is 11.9. The van der Waals surface area contributed by atoms with Crippen LogP contribution in [0.4, 0.5) is 18.9 Å². The monoisotopic (exact) mass is 299 g/mol. The Morgan fingerprint density at radius 3 is 2.58 bits per heavy atom. The number of rotatable bonds is 5.